The van der Waals surface area contributed by atoms with Gasteiger partial charge in [-0.15, -0.1) is 0 Å². The Kier molecular flexibility index (Phi) is 3.82. The van der Waals surface area contributed by atoms with Gasteiger partial charge in [0.1, 0.15) is 18.2 Å². The number of hydrogen-bond acceptors (Lipinski definition) is 6. The lowest BCUT2D eigenvalue weighted by Crippen LogP contribution is -2.46. The van der Waals surface area contributed by atoms with Gasteiger partial charge in [-0.05, 0) is 74.1 Å². The molecule has 1 atom stereocenters. The SMILES string of the molecule is [2H]C1([2H])OC(N)=NC12c1cc(/C=N/OC3CCC3)ccc1CC21CCC(OC)CC1. The minimum atomic E-state index is -2.01. The standard InChI is InChI=1S/C22H29N3O3/c1-26-17-7-9-21(10-8-17)12-16-6-5-15(13-24-28-18-3-2-4-18)11-19(16)22(21)14-27-20(23)25-22/h5-6,11,13,17-18H,2-4,7-10,12,14H2,1H3,(H2,23,25)/b24-13+/i14D2. The number of rotatable bonds is 4. The summed E-state index contributed by atoms with van der Waals surface area (Å²) >= 11 is 0. The van der Waals surface area contributed by atoms with E-state index in [1.807, 2.05) is 12.1 Å². The summed E-state index contributed by atoms with van der Waals surface area (Å²) in [5.74, 6) is 0. The Bertz CT molecular complexity index is 892. The highest BCUT2D eigenvalue weighted by Crippen LogP contribution is 2.61. The van der Waals surface area contributed by atoms with Crippen LogP contribution in [-0.2, 0) is 26.3 Å². The molecule has 2 spiro atoms. The van der Waals surface area contributed by atoms with Crippen molar-refractivity contribution in [2.24, 2.45) is 21.3 Å². The van der Waals surface area contributed by atoms with Crippen LogP contribution in [0.4, 0.5) is 0 Å². The van der Waals surface area contributed by atoms with Gasteiger partial charge in [-0.1, -0.05) is 17.3 Å². The third-order valence-corrected chi connectivity index (χ3v) is 7.09. The molecule has 0 bridgehead atoms. The van der Waals surface area contributed by atoms with Gasteiger partial charge < -0.3 is 20.0 Å². The average molecular weight is 386 g/mol. The van der Waals surface area contributed by atoms with Crippen molar-refractivity contribution in [2.45, 2.75) is 69.1 Å². The van der Waals surface area contributed by atoms with Gasteiger partial charge in [0.25, 0.3) is 6.02 Å². The number of ether oxygens (including phenoxy) is 2. The van der Waals surface area contributed by atoms with E-state index in [1.54, 1.807) is 13.3 Å². The molecule has 0 amide bonds. The van der Waals surface area contributed by atoms with Crippen LogP contribution in [0.5, 0.6) is 0 Å². The van der Waals surface area contributed by atoms with Crippen molar-refractivity contribution in [2.75, 3.05) is 13.7 Å². The van der Waals surface area contributed by atoms with Crippen LogP contribution in [0.1, 0.15) is 64.4 Å². The zero-order chi connectivity index (χ0) is 21.0. The van der Waals surface area contributed by atoms with E-state index in [0.717, 1.165) is 61.6 Å². The molecule has 1 heterocycles. The Morgan fingerprint density at radius 2 is 2.11 bits per heavy atom. The van der Waals surface area contributed by atoms with Crippen LogP contribution in [0.3, 0.4) is 0 Å². The van der Waals surface area contributed by atoms with Gasteiger partial charge >= 0.3 is 0 Å². The first-order valence-corrected chi connectivity index (χ1v) is 10.3. The van der Waals surface area contributed by atoms with Crippen LogP contribution in [0, 0.1) is 5.41 Å². The van der Waals surface area contributed by atoms with Gasteiger partial charge in [0.2, 0.25) is 0 Å². The molecule has 2 saturated carbocycles. The maximum atomic E-state index is 8.81. The molecule has 2 N–H and O–H groups in total. The highest BCUT2D eigenvalue weighted by Gasteiger charge is 2.61. The van der Waals surface area contributed by atoms with Gasteiger partial charge in [-0.2, -0.15) is 0 Å². The fourth-order valence-corrected chi connectivity index (χ4v) is 5.19. The Balaban J connectivity index is 1.54. The number of benzene rings is 1. The minimum absolute atomic E-state index is 0.0755. The Hall–Kier alpha value is -2.08. The Morgan fingerprint density at radius 1 is 1.29 bits per heavy atom. The molecule has 1 unspecified atom stereocenters. The van der Waals surface area contributed by atoms with E-state index in [2.05, 4.69) is 11.2 Å². The summed E-state index contributed by atoms with van der Waals surface area (Å²) in [7, 11) is 1.74. The third-order valence-electron chi connectivity index (χ3n) is 7.09. The number of nitrogens with two attached hydrogens (primary N) is 1. The van der Waals surface area contributed by atoms with Crippen molar-refractivity contribution in [1.82, 2.24) is 0 Å². The van der Waals surface area contributed by atoms with E-state index in [9.17, 15) is 0 Å². The molecule has 150 valence electrons. The summed E-state index contributed by atoms with van der Waals surface area (Å²) in [6.07, 6.45) is 9.58. The second-order valence-electron chi connectivity index (χ2n) is 8.57. The molecular weight excluding hydrogens is 354 g/mol. The van der Waals surface area contributed by atoms with Crippen LogP contribution in [0.15, 0.2) is 28.3 Å². The average Bonchev–Trinajstić information content (AvgIpc) is 3.09. The second-order valence-corrected chi connectivity index (χ2v) is 8.57. The van der Waals surface area contributed by atoms with Gasteiger partial charge in [0.05, 0.1) is 15.1 Å². The summed E-state index contributed by atoms with van der Waals surface area (Å²) in [4.78, 5) is 10.2. The number of methoxy groups -OCH3 is 1. The van der Waals surface area contributed by atoms with Crippen molar-refractivity contribution in [3.8, 4) is 0 Å². The van der Waals surface area contributed by atoms with E-state index in [-0.39, 0.29) is 23.6 Å². The van der Waals surface area contributed by atoms with Crippen LogP contribution in [0.2, 0.25) is 0 Å². The molecule has 0 saturated heterocycles. The zero-order valence-electron chi connectivity index (χ0n) is 18.3. The summed E-state index contributed by atoms with van der Waals surface area (Å²) in [5, 5.41) is 4.15. The van der Waals surface area contributed by atoms with E-state index >= 15 is 0 Å². The van der Waals surface area contributed by atoms with Crippen LogP contribution >= 0.6 is 0 Å². The fraction of sp³-hybridized carbons (Fsp3) is 0.636. The highest BCUT2D eigenvalue weighted by atomic mass is 16.6. The first-order chi connectivity index (χ1) is 14.4. The molecule has 0 radical (unpaired) electrons. The first-order valence-electron chi connectivity index (χ1n) is 11.3. The Morgan fingerprint density at radius 3 is 2.75 bits per heavy atom. The van der Waals surface area contributed by atoms with Gasteiger partial charge in [-0.3, -0.25) is 0 Å². The maximum Gasteiger partial charge on any atom is 0.283 e. The molecule has 6 heteroatoms. The molecule has 1 aromatic carbocycles. The van der Waals surface area contributed by atoms with Crippen LogP contribution in [0.25, 0.3) is 0 Å². The predicted octanol–water partition coefficient (Wildman–Crippen LogP) is 3.26. The number of amidine groups is 1. The first kappa shape index (κ1) is 15.8. The Labute approximate surface area is 168 Å². The van der Waals surface area contributed by atoms with Crippen molar-refractivity contribution >= 4 is 12.2 Å². The minimum Gasteiger partial charge on any atom is -0.462 e. The van der Waals surface area contributed by atoms with E-state index < -0.39 is 12.1 Å². The lowest BCUT2D eigenvalue weighted by Gasteiger charge is -2.45. The number of hydrogen-bond donors (Lipinski definition) is 1. The van der Waals surface area contributed by atoms with Crippen LogP contribution < -0.4 is 5.73 Å². The topological polar surface area (TPSA) is 78.4 Å². The molecule has 3 aliphatic carbocycles. The van der Waals surface area contributed by atoms with E-state index in [1.165, 1.54) is 6.42 Å². The maximum absolute atomic E-state index is 8.81. The molecule has 1 aliphatic heterocycles. The second kappa shape index (κ2) is 6.76. The quantitative estimate of drug-likeness (QED) is 0.637. The monoisotopic (exact) mass is 385 g/mol. The summed E-state index contributed by atoms with van der Waals surface area (Å²) < 4.78 is 28.7. The molecule has 28 heavy (non-hydrogen) atoms. The molecule has 4 aliphatic rings. The number of aliphatic imine (C=N–C) groups is 1. The van der Waals surface area contributed by atoms with E-state index in [4.69, 9.17) is 27.8 Å². The van der Waals surface area contributed by atoms with Gasteiger partial charge in [0, 0.05) is 12.5 Å². The number of oxime groups is 1. The molecule has 1 aromatic rings. The molecule has 2 fully saturated rings. The summed E-state index contributed by atoms with van der Waals surface area (Å²) in [5.41, 5.74) is 7.25. The third kappa shape index (κ3) is 2.72. The zero-order valence-corrected chi connectivity index (χ0v) is 16.3. The van der Waals surface area contributed by atoms with Crippen LogP contribution in [-0.4, -0.2) is 38.1 Å². The number of fused-ring (bicyclic) bond motifs is 3. The molecule has 5 rings (SSSR count). The van der Waals surface area contributed by atoms with Crippen molar-refractivity contribution < 1.29 is 17.1 Å². The van der Waals surface area contributed by atoms with Gasteiger partial charge in [-0.25, -0.2) is 4.99 Å². The normalized spacial score (nSPS) is 37.3. The fourth-order valence-electron chi connectivity index (χ4n) is 5.19. The lowest BCUT2D eigenvalue weighted by atomic mass is 9.62. The summed E-state index contributed by atoms with van der Waals surface area (Å²) in [6, 6.07) is 5.99. The van der Waals surface area contributed by atoms with Crippen molar-refractivity contribution in [3.05, 3.63) is 34.9 Å². The number of nitrogens with zero attached hydrogens (tertiary/aromatic N) is 2. The molecule has 0 aromatic heterocycles. The lowest BCUT2D eigenvalue weighted by molar-refractivity contribution is -0.00984. The predicted molar refractivity (Wildman–Crippen MR) is 107 cm³/mol. The highest BCUT2D eigenvalue weighted by molar-refractivity contribution is 5.81. The van der Waals surface area contributed by atoms with Crippen molar-refractivity contribution in [3.63, 3.8) is 0 Å². The largest absolute Gasteiger partial charge is 0.462 e. The van der Waals surface area contributed by atoms with E-state index in [0.29, 0.717) is 0 Å². The smallest absolute Gasteiger partial charge is 0.283 e. The van der Waals surface area contributed by atoms with Crippen molar-refractivity contribution in [1.29, 1.82) is 0 Å². The summed E-state index contributed by atoms with van der Waals surface area (Å²) in [6.45, 7) is -2.01. The molecular formula is C22H29N3O3. The molecule has 6 nitrogen and oxygen atoms in total. The van der Waals surface area contributed by atoms with Gasteiger partial charge in [0.15, 0.2) is 0 Å².